The molecule has 1 unspecified atom stereocenters. The average Bonchev–Trinajstić information content (AvgIpc) is 2.58. The van der Waals surface area contributed by atoms with Crippen molar-refractivity contribution >= 4 is 5.97 Å². The SMILES string of the molecule is CCC(C)OC(C(F)(F)F)C(F)(F)F.CCCC(CCC)OC(=O)C(C)(C)CC. The molecule has 0 spiro atoms. The predicted octanol–water partition coefficient (Wildman–Crippen LogP) is 7.23. The van der Waals surface area contributed by atoms with Crippen LogP contribution in [0.25, 0.3) is 0 Å². The first-order valence-corrected chi connectivity index (χ1v) is 10.1. The summed E-state index contributed by atoms with van der Waals surface area (Å²) in [6.45, 7) is 12.8. The van der Waals surface area contributed by atoms with E-state index in [1.807, 2.05) is 20.8 Å². The van der Waals surface area contributed by atoms with Gasteiger partial charge in [-0.15, -0.1) is 0 Å². The lowest BCUT2D eigenvalue weighted by Gasteiger charge is -2.25. The van der Waals surface area contributed by atoms with E-state index < -0.39 is 24.6 Å². The molecular formula is C20H36F6O3. The van der Waals surface area contributed by atoms with Crippen molar-refractivity contribution in [1.29, 1.82) is 0 Å². The lowest BCUT2D eigenvalue weighted by Crippen LogP contribution is -2.45. The summed E-state index contributed by atoms with van der Waals surface area (Å²) in [6.07, 6.45) is -10.4. The molecule has 0 bridgehead atoms. The Hall–Kier alpha value is -0.990. The van der Waals surface area contributed by atoms with Crippen LogP contribution in [0.15, 0.2) is 0 Å². The molecule has 0 saturated carbocycles. The van der Waals surface area contributed by atoms with Gasteiger partial charge in [0.25, 0.3) is 0 Å². The molecule has 3 nitrogen and oxygen atoms in total. The maximum Gasteiger partial charge on any atom is 0.423 e. The molecule has 9 heteroatoms. The zero-order chi connectivity index (χ0) is 23.5. The number of hydrogen-bond donors (Lipinski definition) is 0. The topological polar surface area (TPSA) is 35.5 Å². The molecule has 0 aliphatic carbocycles. The smallest absolute Gasteiger partial charge is 0.423 e. The van der Waals surface area contributed by atoms with E-state index in [1.165, 1.54) is 6.92 Å². The van der Waals surface area contributed by atoms with E-state index in [0.717, 1.165) is 39.0 Å². The molecule has 0 radical (unpaired) electrons. The zero-order valence-electron chi connectivity index (χ0n) is 18.5. The molecule has 29 heavy (non-hydrogen) atoms. The Kier molecular flexibility index (Phi) is 13.9. The normalized spacial score (nSPS) is 13.9. The number of esters is 1. The molecule has 0 fully saturated rings. The van der Waals surface area contributed by atoms with Crippen LogP contribution in [-0.4, -0.2) is 36.6 Å². The van der Waals surface area contributed by atoms with E-state index in [0.29, 0.717) is 0 Å². The van der Waals surface area contributed by atoms with Gasteiger partial charge in [0.05, 0.1) is 11.5 Å². The Morgan fingerprint density at radius 2 is 1.28 bits per heavy atom. The Morgan fingerprint density at radius 1 is 0.862 bits per heavy atom. The monoisotopic (exact) mass is 438 g/mol. The van der Waals surface area contributed by atoms with Crippen molar-refractivity contribution in [2.45, 2.75) is 118 Å². The molecule has 0 heterocycles. The Morgan fingerprint density at radius 3 is 1.55 bits per heavy atom. The highest BCUT2D eigenvalue weighted by atomic mass is 19.4. The maximum atomic E-state index is 11.9. The highest BCUT2D eigenvalue weighted by Crippen LogP contribution is 2.36. The zero-order valence-corrected chi connectivity index (χ0v) is 18.5. The fourth-order valence-corrected chi connectivity index (χ4v) is 2.03. The van der Waals surface area contributed by atoms with E-state index in [9.17, 15) is 31.1 Å². The van der Waals surface area contributed by atoms with E-state index in [4.69, 9.17) is 4.74 Å². The van der Waals surface area contributed by atoms with Crippen LogP contribution >= 0.6 is 0 Å². The minimum absolute atomic E-state index is 0.0445. The molecule has 176 valence electrons. The van der Waals surface area contributed by atoms with Gasteiger partial charge >= 0.3 is 18.3 Å². The molecular weight excluding hydrogens is 402 g/mol. The number of rotatable bonds is 10. The Balaban J connectivity index is 0. The van der Waals surface area contributed by atoms with Crippen molar-refractivity contribution in [3.05, 3.63) is 0 Å². The van der Waals surface area contributed by atoms with Gasteiger partial charge in [-0.2, -0.15) is 26.3 Å². The second kappa shape index (κ2) is 13.3. The first-order chi connectivity index (χ1) is 13.1. The van der Waals surface area contributed by atoms with E-state index in [1.54, 1.807) is 0 Å². The van der Waals surface area contributed by atoms with Gasteiger partial charge in [-0.1, -0.05) is 40.5 Å². The number of alkyl halides is 6. The van der Waals surface area contributed by atoms with Gasteiger partial charge in [-0.3, -0.25) is 4.79 Å². The number of carbonyl (C=O) groups excluding carboxylic acids is 1. The van der Waals surface area contributed by atoms with Crippen LogP contribution in [-0.2, 0) is 14.3 Å². The van der Waals surface area contributed by atoms with Gasteiger partial charge < -0.3 is 9.47 Å². The summed E-state index contributed by atoms with van der Waals surface area (Å²) in [7, 11) is 0. The second-order valence-electron chi connectivity index (χ2n) is 7.66. The van der Waals surface area contributed by atoms with E-state index in [-0.39, 0.29) is 23.9 Å². The van der Waals surface area contributed by atoms with Crippen LogP contribution in [0.1, 0.15) is 87.0 Å². The summed E-state index contributed by atoms with van der Waals surface area (Å²) in [6, 6.07) is 0. The molecule has 1 atom stereocenters. The number of carbonyl (C=O) groups is 1. The third kappa shape index (κ3) is 13.0. The molecule has 0 aromatic heterocycles. The molecule has 0 rings (SSSR count). The summed E-state index contributed by atoms with van der Waals surface area (Å²) in [5, 5.41) is 0. The van der Waals surface area contributed by atoms with Crippen LogP contribution in [0.5, 0.6) is 0 Å². The standard InChI is InChI=1S/C13H26O2.C7H10F6O/c1-6-9-11(10-7-2)15-12(14)13(4,5)8-3;1-3-4(2)14-5(6(8,9)10)7(11,12)13/h11H,6-10H2,1-5H3;4-5H,3H2,1-2H3. The van der Waals surface area contributed by atoms with Gasteiger partial charge in [0.15, 0.2) is 0 Å². The van der Waals surface area contributed by atoms with Crippen molar-refractivity contribution in [3.63, 3.8) is 0 Å². The summed E-state index contributed by atoms with van der Waals surface area (Å²) >= 11 is 0. The van der Waals surface area contributed by atoms with Crippen LogP contribution in [0.3, 0.4) is 0 Å². The van der Waals surface area contributed by atoms with E-state index >= 15 is 0 Å². The predicted molar refractivity (Wildman–Crippen MR) is 101 cm³/mol. The largest absolute Gasteiger partial charge is 0.462 e. The maximum absolute atomic E-state index is 11.9. The Bertz CT molecular complexity index is 426. The van der Waals surface area contributed by atoms with Crippen molar-refractivity contribution in [2.24, 2.45) is 5.41 Å². The lowest BCUT2D eigenvalue weighted by atomic mass is 9.90. The van der Waals surface area contributed by atoms with Gasteiger partial charge in [0, 0.05) is 0 Å². The highest BCUT2D eigenvalue weighted by Gasteiger charge is 2.58. The number of halogens is 6. The van der Waals surface area contributed by atoms with Gasteiger partial charge in [0.1, 0.15) is 6.10 Å². The van der Waals surface area contributed by atoms with Gasteiger partial charge in [0.2, 0.25) is 6.10 Å². The lowest BCUT2D eigenvalue weighted by molar-refractivity contribution is -0.329. The Labute approximate surface area is 170 Å². The average molecular weight is 438 g/mol. The van der Waals surface area contributed by atoms with Gasteiger partial charge in [-0.25, -0.2) is 0 Å². The van der Waals surface area contributed by atoms with Crippen LogP contribution in [0, 0.1) is 5.41 Å². The molecule has 0 amide bonds. The van der Waals surface area contributed by atoms with Crippen LogP contribution in [0.4, 0.5) is 26.3 Å². The van der Waals surface area contributed by atoms with Crippen molar-refractivity contribution in [1.82, 2.24) is 0 Å². The molecule has 0 N–H and O–H groups in total. The van der Waals surface area contributed by atoms with Crippen molar-refractivity contribution < 1.29 is 40.6 Å². The van der Waals surface area contributed by atoms with E-state index in [2.05, 4.69) is 18.6 Å². The molecule has 0 aliphatic rings. The molecule has 0 saturated heterocycles. The quantitative estimate of drug-likeness (QED) is 0.267. The summed E-state index contributed by atoms with van der Waals surface area (Å²) < 4.78 is 80.6. The minimum Gasteiger partial charge on any atom is -0.462 e. The summed E-state index contributed by atoms with van der Waals surface area (Å²) in [5.74, 6) is -0.0445. The van der Waals surface area contributed by atoms with Gasteiger partial charge in [-0.05, 0) is 46.5 Å². The molecule has 0 aliphatic heterocycles. The third-order valence-electron chi connectivity index (χ3n) is 4.47. The third-order valence-corrected chi connectivity index (χ3v) is 4.47. The minimum atomic E-state index is -5.42. The first-order valence-electron chi connectivity index (χ1n) is 10.1. The second-order valence-corrected chi connectivity index (χ2v) is 7.66. The van der Waals surface area contributed by atoms with Crippen LogP contribution < -0.4 is 0 Å². The number of hydrogen-bond acceptors (Lipinski definition) is 3. The fourth-order valence-electron chi connectivity index (χ4n) is 2.03. The number of ether oxygens (including phenoxy) is 2. The summed E-state index contributed by atoms with van der Waals surface area (Å²) in [5.41, 5.74) is -0.334. The highest BCUT2D eigenvalue weighted by molar-refractivity contribution is 5.75. The summed E-state index contributed by atoms with van der Waals surface area (Å²) in [4.78, 5) is 11.8. The van der Waals surface area contributed by atoms with Crippen molar-refractivity contribution in [2.75, 3.05) is 0 Å². The fraction of sp³-hybridized carbons (Fsp3) is 0.950. The molecule has 0 aromatic carbocycles. The molecule has 0 aromatic rings. The van der Waals surface area contributed by atoms with Crippen molar-refractivity contribution in [3.8, 4) is 0 Å². The first kappa shape index (κ1) is 30.2. The van der Waals surface area contributed by atoms with Crippen LogP contribution in [0.2, 0.25) is 0 Å².